The molecule has 3 fully saturated rings. The van der Waals surface area contributed by atoms with Crippen LogP contribution < -0.4 is 10.2 Å². The Labute approximate surface area is 229 Å². The van der Waals surface area contributed by atoms with E-state index in [1.165, 1.54) is 20.3 Å². The number of anilines is 2. The zero-order chi connectivity index (χ0) is 25.9. The fraction of sp³-hybridized carbons (Fsp3) is 0.583. The highest BCUT2D eigenvalue weighted by atomic mass is 127. The SMILES string of the molecule is CC(C)(F)Cn1nc(N2CC(O)C2)c2cnc(-c3nn(PI)cc3NC(=O)N3CCCCC34CC4)cc21. The minimum absolute atomic E-state index is 0.0349. The largest absolute Gasteiger partial charge is 0.389 e. The Bertz CT molecular complexity index is 1340. The van der Waals surface area contributed by atoms with E-state index in [1.54, 1.807) is 15.3 Å². The first-order chi connectivity index (χ1) is 17.7. The highest BCUT2D eigenvalue weighted by Crippen LogP contribution is 2.48. The number of halogens is 2. The molecule has 1 atom stereocenters. The Morgan fingerprint density at radius 1 is 1.30 bits per heavy atom. The lowest BCUT2D eigenvalue weighted by atomic mass is 10.0. The van der Waals surface area contributed by atoms with E-state index >= 15 is 0 Å². The molecular weight excluding hydrogens is 609 g/mol. The minimum Gasteiger partial charge on any atom is -0.389 e. The summed E-state index contributed by atoms with van der Waals surface area (Å²) in [7, 11) is 0. The first kappa shape index (κ1) is 25.2. The van der Waals surface area contributed by atoms with Gasteiger partial charge in [-0.15, -0.1) is 0 Å². The smallest absolute Gasteiger partial charge is 0.322 e. The third kappa shape index (κ3) is 4.80. The van der Waals surface area contributed by atoms with Crippen LogP contribution in [0.2, 0.25) is 0 Å². The number of piperidine rings is 1. The number of carbonyl (C=O) groups excluding carboxylic acids is 1. The maximum absolute atomic E-state index is 14.7. The summed E-state index contributed by atoms with van der Waals surface area (Å²) in [5.41, 5.74) is 1.09. The van der Waals surface area contributed by atoms with Crippen LogP contribution in [-0.2, 0) is 6.54 Å². The van der Waals surface area contributed by atoms with Crippen molar-refractivity contribution in [2.75, 3.05) is 29.9 Å². The number of hydrogen-bond acceptors (Lipinski definition) is 6. The van der Waals surface area contributed by atoms with E-state index in [9.17, 15) is 14.3 Å². The summed E-state index contributed by atoms with van der Waals surface area (Å²) in [4.78, 5) is 22.0. The Balaban J connectivity index is 1.36. The summed E-state index contributed by atoms with van der Waals surface area (Å²) in [6, 6.07) is 1.79. The molecule has 1 saturated carbocycles. The quantitative estimate of drug-likeness (QED) is 0.303. The van der Waals surface area contributed by atoms with Gasteiger partial charge in [-0.25, -0.2) is 13.6 Å². The fourth-order valence-corrected chi connectivity index (χ4v) is 6.54. The summed E-state index contributed by atoms with van der Waals surface area (Å²) in [6.07, 6.45) is 8.99. The van der Waals surface area contributed by atoms with Crippen LogP contribution in [0.1, 0.15) is 46.0 Å². The van der Waals surface area contributed by atoms with Gasteiger partial charge in [0, 0.05) is 31.4 Å². The number of urea groups is 1. The Kier molecular flexibility index (Phi) is 6.35. The number of aromatic nitrogens is 5. The number of fused-ring (bicyclic) bond motifs is 1. The molecule has 2 saturated heterocycles. The number of pyridine rings is 1. The van der Waals surface area contributed by atoms with Crippen molar-refractivity contribution in [2.24, 2.45) is 0 Å². The number of hydrogen-bond donors (Lipinski definition) is 2. The van der Waals surface area contributed by atoms with Crippen LogP contribution in [0.15, 0.2) is 18.5 Å². The number of nitrogens with zero attached hydrogens (tertiary/aromatic N) is 7. The maximum Gasteiger partial charge on any atom is 0.322 e. The molecule has 5 heterocycles. The predicted molar refractivity (Wildman–Crippen MR) is 151 cm³/mol. The second kappa shape index (κ2) is 9.30. The number of β-amino-alcohol motifs (C(OH)–C–C–N with tert-alkyl or cyclic N) is 1. The number of alkyl halides is 1. The van der Waals surface area contributed by atoms with Crippen LogP contribution in [0.5, 0.6) is 0 Å². The average molecular weight is 640 g/mol. The van der Waals surface area contributed by atoms with Gasteiger partial charge in [-0.05, 0) is 74.1 Å². The number of aliphatic hydroxyl groups is 1. The lowest BCUT2D eigenvalue weighted by Crippen LogP contribution is -2.51. The third-order valence-electron chi connectivity index (χ3n) is 7.51. The molecular formula is C24H31FIN8O2P. The van der Waals surface area contributed by atoms with Gasteiger partial charge < -0.3 is 20.2 Å². The number of amides is 2. The molecule has 6 rings (SSSR count). The molecule has 0 aromatic carbocycles. The molecule has 0 bridgehead atoms. The zero-order valence-corrected chi connectivity index (χ0v) is 24.1. The lowest BCUT2D eigenvalue weighted by Gasteiger charge is -2.36. The third-order valence-corrected chi connectivity index (χ3v) is 9.39. The van der Waals surface area contributed by atoms with Crippen molar-refractivity contribution in [1.82, 2.24) is 29.2 Å². The molecule has 198 valence electrons. The molecule has 1 spiro atoms. The van der Waals surface area contributed by atoms with Gasteiger partial charge in [0.25, 0.3) is 0 Å². The van der Waals surface area contributed by atoms with Crippen LogP contribution in [0, 0.1) is 0 Å². The lowest BCUT2D eigenvalue weighted by molar-refractivity contribution is 0.141. The van der Waals surface area contributed by atoms with Crippen molar-refractivity contribution < 1.29 is 14.3 Å². The van der Waals surface area contributed by atoms with Crippen molar-refractivity contribution in [2.45, 2.75) is 69.8 Å². The zero-order valence-electron chi connectivity index (χ0n) is 20.9. The molecule has 3 aromatic rings. The second-order valence-corrected chi connectivity index (χ2v) is 13.1. The Morgan fingerprint density at radius 3 is 2.76 bits per heavy atom. The molecule has 3 aromatic heterocycles. The van der Waals surface area contributed by atoms with Gasteiger partial charge in [-0.2, -0.15) is 10.2 Å². The molecule has 10 nitrogen and oxygen atoms in total. The first-order valence-corrected chi connectivity index (χ1v) is 16.8. The van der Waals surface area contributed by atoms with Crippen molar-refractivity contribution >= 4 is 56.9 Å². The predicted octanol–water partition coefficient (Wildman–Crippen LogP) is 4.57. The second-order valence-electron chi connectivity index (χ2n) is 11.0. The maximum atomic E-state index is 14.7. The highest BCUT2D eigenvalue weighted by molar-refractivity contribution is 14.2. The molecule has 2 N–H and O–H groups in total. The Hall–Kier alpha value is -2.05. The summed E-state index contributed by atoms with van der Waals surface area (Å²) in [5, 5.41) is 23.1. The molecule has 13 heteroatoms. The van der Waals surface area contributed by atoms with E-state index in [0.717, 1.165) is 43.1 Å². The van der Waals surface area contributed by atoms with Gasteiger partial charge in [-0.3, -0.25) is 9.67 Å². The number of likely N-dealkylation sites (tertiary alicyclic amines) is 1. The van der Waals surface area contributed by atoms with E-state index in [1.807, 2.05) is 22.1 Å². The van der Waals surface area contributed by atoms with Gasteiger partial charge in [0.2, 0.25) is 0 Å². The summed E-state index contributed by atoms with van der Waals surface area (Å²) < 4.78 is 18.2. The number of aliphatic hydroxyl groups excluding tert-OH is 1. The molecule has 1 aliphatic carbocycles. The summed E-state index contributed by atoms with van der Waals surface area (Å²) in [6.45, 7) is 4.89. The van der Waals surface area contributed by atoms with Crippen LogP contribution in [0.4, 0.5) is 20.7 Å². The fourth-order valence-electron chi connectivity index (χ4n) is 5.48. The van der Waals surface area contributed by atoms with Crippen molar-refractivity contribution in [3.63, 3.8) is 0 Å². The van der Waals surface area contributed by atoms with Gasteiger partial charge in [0.05, 0.1) is 47.5 Å². The van der Waals surface area contributed by atoms with E-state index in [4.69, 9.17) is 15.2 Å². The van der Waals surface area contributed by atoms with Crippen molar-refractivity contribution in [1.29, 1.82) is 0 Å². The minimum atomic E-state index is -1.47. The molecule has 3 aliphatic rings. The molecule has 37 heavy (non-hydrogen) atoms. The normalized spacial score (nSPS) is 19.8. The molecule has 2 aliphatic heterocycles. The summed E-state index contributed by atoms with van der Waals surface area (Å²) in [5.74, 6) is 0.691. The van der Waals surface area contributed by atoms with Gasteiger partial charge in [-0.1, -0.05) is 0 Å². The topological polar surface area (TPSA) is 104 Å². The van der Waals surface area contributed by atoms with Crippen molar-refractivity contribution in [3.05, 3.63) is 18.5 Å². The molecule has 2 amide bonds. The molecule has 0 radical (unpaired) electrons. The number of nitrogens with one attached hydrogen (secondary N) is 1. The average Bonchev–Trinajstić information content (AvgIpc) is 3.33. The van der Waals surface area contributed by atoms with Crippen LogP contribution in [-0.4, -0.2) is 77.3 Å². The Morgan fingerprint density at radius 2 is 2.08 bits per heavy atom. The number of rotatable bonds is 6. The number of carbonyl (C=O) groups is 1. The van der Waals surface area contributed by atoms with E-state index in [0.29, 0.717) is 42.4 Å². The van der Waals surface area contributed by atoms with Gasteiger partial charge in [0.1, 0.15) is 11.4 Å². The van der Waals surface area contributed by atoms with Crippen LogP contribution >= 0.6 is 28.4 Å². The summed E-state index contributed by atoms with van der Waals surface area (Å²) >= 11 is 2.26. The van der Waals surface area contributed by atoms with E-state index in [-0.39, 0.29) is 24.2 Å². The van der Waals surface area contributed by atoms with E-state index in [2.05, 4.69) is 27.4 Å². The molecule has 1 unspecified atom stereocenters. The first-order valence-electron chi connectivity index (χ1n) is 12.7. The van der Waals surface area contributed by atoms with Gasteiger partial charge in [0.15, 0.2) is 5.82 Å². The van der Waals surface area contributed by atoms with Crippen molar-refractivity contribution in [3.8, 4) is 11.4 Å². The highest BCUT2D eigenvalue weighted by Gasteiger charge is 2.51. The monoisotopic (exact) mass is 640 g/mol. The van der Waals surface area contributed by atoms with Crippen LogP contribution in [0.3, 0.4) is 0 Å². The van der Waals surface area contributed by atoms with Gasteiger partial charge >= 0.3 is 6.03 Å². The van der Waals surface area contributed by atoms with E-state index < -0.39 is 5.67 Å². The van der Waals surface area contributed by atoms with Crippen LogP contribution in [0.25, 0.3) is 22.3 Å². The standard InChI is InChI=1S/C24H31FIN8O2P/c1-23(2,25)14-33-19-9-17(27-10-16(19)21(30-33)31-11-15(35)12-31)20-18(13-34(29-20)37-26)28-22(36)32-8-4-3-5-24(32)6-7-24/h9-10,13,15,35,37H,3-8,11-12,14H2,1-2H3,(H,28,36).